The average molecular weight is 267 g/mol. The number of hydrogen-bond acceptors (Lipinski definition) is 2. The molecule has 0 atom stereocenters. The number of unbranched alkanes of at least 4 members (excludes halogenated alkanes) is 1. The molecule has 0 aliphatic heterocycles. The van der Waals surface area contributed by atoms with Crippen LogP contribution in [0.2, 0.25) is 0 Å². The van der Waals surface area contributed by atoms with Gasteiger partial charge in [0.1, 0.15) is 0 Å². The Morgan fingerprint density at radius 3 is 2.72 bits per heavy atom. The lowest BCUT2D eigenvalue weighted by molar-refractivity contribution is 0.244. The van der Waals surface area contributed by atoms with Crippen molar-refractivity contribution in [2.75, 3.05) is 13.1 Å². The number of thiocarbonyl (C=S) groups is 1. The molecule has 0 amide bonds. The van der Waals surface area contributed by atoms with Crippen LogP contribution in [0, 0.1) is 11.3 Å². The third kappa shape index (κ3) is 5.22. The summed E-state index contributed by atoms with van der Waals surface area (Å²) in [5.74, 6) is 0. The van der Waals surface area contributed by atoms with Crippen molar-refractivity contribution in [2.24, 2.45) is 0 Å². The molecular weight excluding hydrogens is 242 g/mol. The number of hydrogen-bond donors (Lipinski definition) is 1. The standard InChI is InChI=1S/C14H25N3S/c1-2-3-11-16-14(18)17(12-7-10-15)13-8-5-4-6-9-13/h13H,2-9,11-12H2,1H3,(H,16,18). The third-order valence-corrected chi connectivity index (χ3v) is 3.93. The quantitative estimate of drug-likeness (QED) is 0.592. The summed E-state index contributed by atoms with van der Waals surface area (Å²) in [6.45, 7) is 3.91. The SMILES string of the molecule is CCCCNC(=S)N(CCC#N)C1CCCCC1. The molecule has 0 unspecified atom stereocenters. The van der Waals surface area contributed by atoms with Crippen LogP contribution < -0.4 is 5.32 Å². The average Bonchev–Trinajstić information content (AvgIpc) is 2.41. The van der Waals surface area contributed by atoms with Gasteiger partial charge in [-0.3, -0.25) is 0 Å². The van der Waals surface area contributed by atoms with Crippen LogP contribution >= 0.6 is 12.2 Å². The lowest BCUT2D eigenvalue weighted by Crippen LogP contribution is -2.47. The van der Waals surface area contributed by atoms with Crippen LogP contribution in [0.15, 0.2) is 0 Å². The van der Waals surface area contributed by atoms with Crippen molar-refractivity contribution in [1.29, 1.82) is 5.26 Å². The molecule has 1 saturated carbocycles. The molecule has 1 aliphatic rings. The van der Waals surface area contributed by atoms with Gasteiger partial charge in [-0.15, -0.1) is 0 Å². The van der Waals surface area contributed by atoms with Gasteiger partial charge in [-0.1, -0.05) is 32.6 Å². The van der Waals surface area contributed by atoms with Gasteiger partial charge in [-0.05, 0) is 31.5 Å². The molecule has 0 saturated heterocycles. The van der Waals surface area contributed by atoms with E-state index in [4.69, 9.17) is 17.5 Å². The fraction of sp³-hybridized carbons (Fsp3) is 0.857. The van der Waals surface area contributed by atoms with E-state index < -0.39 is 0 Å². The van der Waals surface area contributed by atoms with Gasteiger partial charge in [0.2, 0.25) is 0 Å². The zero-order valence-corrected chi connectivity index (χ0v) is 12.3. The molecule has 0 heterocycles. The van der Waals surface area contributed by atoms with Gasteiger partial charge in [0.05, 0.1) is 12.5 Å². The van der Waals surface area contributed by atoms with E-state index >= 15 is 0 Å². The van der Waals surface area contributed by atoms with E-state index in [1.165, 1.54) is 38.5 Å². The highest BCUT2D eigenvalue weighted by Crippen LogP contribution is 2.22. The van der Waals surface area contributed by atoms with Gasteiger partial charge in [-0.25, -0.2) is 0 Å². The summed E-state index contributed by atoms with van der Waals surface area (Å²) in [5.41, 5.74) is 0. The second-order valence-corrected chi connectivity index (χ2v) is 5.37. The molecule has 102 valence electrons. The Balaban J connectivity index is 2.47. The zero-order chi connectivity index (χ0) is 13.2. The maximum atomic E-state index is 8.77. The first kappa shape index (κ1) is 15.2. The minimum Gasteiger partial charge on any atom is -0.363 e. The second-order valence-electron chi connectivity index (χ2n) is 4.98. The number of rotatable bonds is 6. The topological polar surface area (TPSA) is 39.1 Å². The lowest BCUT2D eigenvalue weighted by Gasteiger charge is -2.36. The minimum atomic E-state index is 0.550. The second kappa shape index (κ2) is 9.16. The predicted octanol–water partition coefficient (Wildman–Crippen LogP) is 3.21. The van der Waals surface area contributed by atoms with Crippen LogP contribution in [0.5, 0.6) is 0 Å². The van der Waals surface area contributed by atoms with Crippen LogP contribution in [0.4, 0.5) is 0 Å². The molecule has 0 aromatic carbocycles. The number of nitrogens with zero attached hydrogens (tertiary/aromatic N) is 2. The third-order valence-electron chi connectivity index (χ3n) is 3.55. The first-order valence-corrected chi connectivity index (χ1v) is 7.61. The summed E-state index contributed by atoms with van der Waals surface area (Å²) in [4.78, 5) is 2.26. The first-order chi connectivity index (χ1) is 8.79. The van der Waals surface area contributed by atoms with Crippen molar-refractivity contribution in [1.82, 2.24) is 10.2 Å². The summed E-state index contributed by atoms with van der Waals surface area (Å²) in [5, 5.41) is 13.0. The van der Waals surface area contributed by atoms with Crippen LogP contribution in [0.25, 0.3) is 0 Å². The smallest absolute Gasteiger partial charge is 0.169 e. The van der Waals surface area contributed by atoms with Crippen LogP contribution in [-0.2, 0) is 0 Å². The molecule has 0 radical (unpaired) electrons. The van der Waals surface area contributed by atoms with E-state index in [1.54, 1.807) is 0 Å². The molecule has 1 N–H and O–H groups in total. The monoisotopic (exact) mass is 267 g/mol. The maximum absolute atomic E-state index is 8.77. The lowest BCUT2D eigenvalue weighted by atomic mass is 9.94. The summed E-state index contributed by atoms with van der Waals surface area (Å²) in [6, 6.07) is 2.78. The molecule has 1 rings (SSSR count). The minimum absolute atomic E-state index is 0.550. The molecule has 18 heavy (non-hydrogen) atoms. The zero-order valence-electron chi connectivity index (χ0n) is 11.5. The highest BCUT2D eigenvalue weighted by molar-refractivity contribution is 7.80. The van der Waals surface area contributed by atoms with Gasteiger partial charge in [0, 0.05) is 19.1 Å². The van der Waals surface area contributed by atoms with Crippen LogP contribution in [-0.4, -0.2) is 29.1 Å². The van der Waals surface area contributed by atoms with Crippen molar-refractivity contribution < 1.29 is 0 Å². The summed E-state index contributed by atoms with van der Waals surface area (Å²) in [7, 11) is 0. The van der Waals surface area contributed by atoms with Gasteiger partial charge in [0.25, 0.3) is 0 Å². The fourth-order valence-corrected chi connectivity index (χ4v) is 2.83. The molecule has 0 bridgehead atoms. The summed E-state index contributed by atoms with van der Waals surface area (Å²) in [6.07, 6.45) is 9.28. The molecular formula is C14H25N3S. The van der Waals surface area contributed by atoms with E-state index in [1.807, 2.05) is 0 Å². The van der Waals surface area contributed by atoms with Crippen LogP contribution in [0.1, 0.15) is 58.3 Å². The molecule has 0 spiro atoms. The molecule has 0 aromatic rings. The summed E-state index contributed by atoms with van der Waals surface area (Å²) >= 11 is 5.49. The Morgan fingerprint density at radius 1 is 1.39 bits per heavy atom. The molecule has 4 heteroatoms. The van der Waals surface area contributed by atoms with Gasteiger partial charge >= 0.3 is 0 Å². The maximum Gasteiger partial charge on any atom is 0.169 e. The number of nitriles is 1. The predicted molar refractivity (Wildman–Crippen MR) is 79.3 cm³/mol. The Morgan fingerprint density at radius 2 is 2.11 bits per heavy atom. The highest BCUT2D eigenvalue weighted by Gasteiger charge is 2.22. The Hall–Kier alpha value is -0.820. The van der Waals surface area contributed by atoms with Crippen molar-refractivity contribution in [3.63, 3.8) is 0 Å². The highest BCUT2D eigenvalue weighted by atomic mass is 32.1. The molecule has 0 aromatic heterocycles. The first-order valence-electron chi connectivity index (χ1n) is 7.21. The van der Waals surface area contributed by atoms with Gasteiger partial charge in [-0.2, -0.15) is 5.26 Å². The van der Waals surface area contributed by atoms with Gasteiger partial charge in [0.15, 0.2) is 5.11 Å². The largest absolute Gasteiger partial charge is 0.363 e. The van der Waals surface area contributed by atoms with E-state index in [9.17, 15) is 0 Å². The fourth-order valence-electron chi connectivity index (χ4n) is 2.49. The number of nitrogens with one attached hydrogen (secondary N) is 1. The van der Waals surface area contributed by atoms with E-state index in [0.717, 1.165) is 24.6 Å². The normalized spacial score (nSPS) is 16.0. The van der Waals surface area contributed by atoms with Gasteiger partial charge < -0.3 is 10.2 Å². The Kier molecular flexibility index (Phi) is 7.75. The van der Waals surface area contributed by atoms with Crippen LogP contribution in [0.3, 0.4) is 0 Å². The van der Waals surface area contributed by atoms with E-state index in [2.05, 4.69) is 23.2 Å². The van der Waals surface area contributed by atoms with E-state index in [0.29, 0.717) is 12.5 Å². The molecule has 1 fully saturated rings. The molecule has 1 aliphatic carbocycles. The van der Waals surface area contributed by atoms with Crippen molar-refractivity contribution >= 4 is 17.3 Å². The van der Waals surface area contributed by atoms with Crippen molar-refractivity contribution in [2.45, 2.75) is 64.3 Å². The van der Waals surface area contributed by atoms with E-state index in [-0.39, 0.29) is 0 Å². The molecule has 3 nitrogen and oxygen atoms in total. The van der Waals surface area contributed by atoms with Crippen molar-refractivity contribution in [3.05, 3.63) is 0 Å². The van der Waals surface area contributed by atoms with Crippen molar-refractivity contribution in [3.8, 4) is 6.07 Å². The Bertz CT molecular complexity index is 279. The summed E-state index contributed by atoms with van der Waals surface area (Å²) < 4.78 is 0. The Labute approximate surface area is 117 Å².